The van der Waals surface area contributed by atoms with Gasteiger partial charge in [0.2, 0.25) is 0 Å². The number of esters is 1. The predicted molar refractivity (Wildman–Crippen MR) is 74.3 cm³/mol. The molecule has 0 fully saturated rings. The molecule has 1 aromatic rings. The number of halogens is 2. The number of benzene rings is 1. The first-order valence-corrected chi connectivity index (χ1v) is 6.61. The van der Waals surface area contributed by atoms with Gasteiger partial charge in [-0.1, -0.05) is 11.6 Å². The highest BCUT2D eigenvalue weighted by Gasteiger charge is 2.07. The van der Waals surface area contributed by atoms with E-state index in [1.165, 1.54) is 7.11 Å². The number of ether oxygens (including phenoxy) is 2. The molecule has 0 aliphatic carbocycles. The van der Waals surface area contributed by atoms with E-state index in [1.807, 2.05) is 0 Å². The predicted octanol–water partition coefficient (Wildman–Crippen LogP) is 2.16. The Kier molecular flexibility index (Phi) is 6.66. The van der Waals surface area contributed by atoms with E-state index >= 15 is 0 Å². The lowest BCUT2D eigenvalue weighted by Crippen LogP contribution is -2.30. The van der Waals surface area contributed by atoms with Crippen molar-refractivity contribution in [1.82, 2.24) is 5.32 Å². The fourth-order valence-electron chi connectivity index (χ4n) is 1.19. The number of amides is 1. The van der Waals surface area contributed by atoms with Crippen LogP contribution in [0, 0.1) is 0 Å². The van der Waals surface area contributed by atoms with Crippen molar-refractivity contribution < 1.29 is 19.1 Å². The van der Waals surface area contributed by atoms with Gasteiger partial charge >= 0.3 is 5.97 Å². The van der Waals surface area contributed by atoms with Crippen molar-refractivity contribution in [2.45, 2.75) is 6.42 Å². The summed E-state index contributed by atoms with van der Waals surface area (Å²) in [4.78, 5) is 22.3. The van der Waals surface area contributed by atoms with E-state index in [-0.39, 0.29) is 31.4 Å². The molecule has 0 aliphatic heterocycles. The molecule has 0 saturated carbocycles. The fraction of sp³-hybridized carbons (Fsp3) is 0.333. The average molecular weight is 351 g/mol. The summed E-state index contributed by atoms with van der Waals surface area (Å²) in [7, 11) is 1.30. The van der Waals surface area contributed by atoms with E-state index in [9.17, 15) is 9.59 Å². The van der Waals surface area contributed by atoms with Crippen molar-refractivity contribution in [3.8, 4) is 5.75 Å². The molecule has 0 aromatic heterocycles. The fourth-order valence-corrected chi connectivity index (χ4v) is 1.99. The third kappa shape index (κ3) is 5.94. The largest absolute Gasteiger partial charge is 0.483 e. The molecule has 1 aromatic carbocycles. The van der Waals surface area contributed by atoms with Crippen LogP contribution in [0.1, 0.15) is 6.42 Å². The average Bonchev–Trinajstić information content (AvgIpc) is 2.37. The lowest BCUT2D eigenvalue weighted by atomic mass is 10.3. The Labute approximate surface area is 124 Å². The second kappa shape index (κ2) is 8.01. The zero-order valence-electron chi connectivity index (χ0n) is 10.2. The lowest BCUT2D eigenvalue weighted by Gasteiger charge is -2.08. The smallest absolute Gasteiger partial charge is 0.307 e. The van der Waals surface area contributed by atoms with Crippen molar-refractivity contribution in [3.05, 3.63) is 27.7 Å². The molecular weight excluding hydrogens is 337 g/mol. The van der Waals surface area contributed by atoms with E-state index in [4.69, 9.17) is 16.3 Å². The summed E-state index contributed by atoms with van der Waals surface area (Å²) in [5.41, 5.74) is 0. The van der Waals surface area contributed by atoms with E-state index in [1.54, 1.807) is 18.2 Å². The third-order valence-corrected chi connectivity index (χ3v) is 2.99. The normalized spacial score (nSPS) is 9.84. The molecule has 0 spiro atoms. The summed E-state index contributed by atoms with van der Waals surface area (Å²) in [6.45, 7) is 0.0814. The van der Waals surface area contributed by atoms with Gasteiger partial charge in [-0.3, -0.25) is 9.59 Å². The van der Waals surface area contributed by atoms with Gasteiger partial charge in [-0.15, -0.1) is 0 Å². The molecule has 1 N–H and O–H groups in total. The summed E-state index contributed by atoms with van der Waals surface area (Å²) >= 11 is 9.06. The molecule has 7 heteroatoms. The SMILES string of the molecule is COC(=O)CCNC(=O)COc1ccc(Cl)cc1Br. The number of carbonyl (C=O) groups is 2. The van der Waals surface area contributed by atoms with Gasteiger partial charge in [0.05, 0.1) is 18.0 Å². The van der Waals surface area contributed by atoms with Crippen LogP contribution in [0.3, 0.4) is 0 Å². The number of methoxy groups -OCH3 is 1. The minimum Gasteiger partial charge on any atom is -0.483 e. The van der Waals surface area contributed by atoms with Crippen molar-refractivity contribution in [3.63, 3.8) is 0 Å². The maximum atomic E-state index is 11.4. The highest BCUT2D eigenvalue weighted by Crippen LogP contribution is 2.27. The second-order valence-corrected chi connectivity index (χ2v) is 4.83. The summed E-state index contributed by atoms with van der Waals surface area (Å²) in [6.07, 6.45) is 0.132. The molecule has 1 rings (SSSR count). The van der Waals surface area contributed by atoms with E-state index in [0.29, 0.717) is 15.2 Å². The van der Waals surface area contributed by atoms with Crippen LogP contribution in [-0.4, -0.2) is 32.1 Å². The van der Waals surface area contributed by atoms with Gasteiger partial charge in [-0.25, -0.2) is 0 Å². The molecule has 0 bridgehead atoms. The van der Waals surface area contributed by atoms with Crippen LogP contribution in [0.5, 0.6) is 5.75 Å². The van der Waals surface area contributed by atoms with Crippen LogP contribution in [0.25, 0.3) is 0 Å². The lowest BCUT2D eigenvalue weighted by molar-refractivity contribution is -0.140. The Morgan fingerprint density at radius 3 is 2.79 bits per heavy atom. The van der Waals surface area contributed by atoms with E-state index in [0.717, 1.165) is 0 Å². The topological polar surface area (TPSA) is 64.6 Å². The van der Waals surface area contributed by atoms with Gasteiger partial charge in [-0.05, 0) is 34.1 Å². The number of rotatable bonds is 6. The van der Waals surface area contributed by atoms with E-state index < -0.39 is 0 Å². The van der Waals surface area contributed by atoms with Crippen molar-refractivity contribution in [1.29, 1.82) is 0 Å². The van der Waals surface area contributed by atoms with Crippen molar-refractivity contribution >= 4 is 39.4 Å². The molecule has 1 amide bonds. The molecule has 0 atom stereocenters. The zero-order chi connectivity index (χ0) is 14.3. The third-order valence-electron chi connectivity index (χ3n) is 2.13. The van der Waals surface area contributed by atoms with Gasteiger partial charge in [0, 0.05) is 11.6 Å². The molecule has 19 heavy (non-hydrogen) atoms. The summed E-state index contributed by atoms with van der Waals surface area (Å²) in [5, 5.41) is 3.11. The number of hydrogen-bond acceptors (Lipinski definition) is 4. The highest BCUT2D eigenvalue weighted by molar-refractivity contribution is 9.10. The second-order valence-electron chi connectivity index (χ2n) is 3.54. The van der Waals surface area contributed by atoms with Crippen LogP contribution in [0.15, 0.2) is 22.7 Å². The van der Waals surface area contributed by atoms with Gasteiger partial charge in [-0.2, -0.15) is 0 Å². The van der Waals surface area contributed by atoms with Gasteiger partial charge in [0.1, 0.15) is 5.75 Å². The summed E-state index contributed by atoms with van der Waals surface area (Å²) in [6, 6.07) is 5.00. The molecule has 5 nitrogen and oxygen atoms in total. The Hall–Kier alpha value is -1.27. The zero-order valence-corrected chi connectivity index (χ0v) is 12.6. The maximum Gasteiger partial charge on any atom is 0.307 e. The monoisotopic (exact) mass is 349 g/mol. The molecular formula is C12H13BrClNO4. The number of hydrogen-bond donors (Lipinski definition) is 1. The Bertz CT molecular complexity index is 467. The van der Waals surface area contributed by atoms with Gasteiger partial charge in [0.25, 0.3) is 5.91 Å². The number of carbonyl (C=O) groups excluding carboxylic acids is 2. The molecule has 104 valence electrons. The molecule has 0 unspecified atom stereocenters. The van der Waals surface area contributed by atoms with E-state index in [2.05, 4.69) is 26.0 Å². The minimum atomic E-state index is -0.373. The number of nitrogens with one attached hydrogen (secondary N) is 1. The first-order valence-electron chi connectivity index (χ1n) is 5.44. The molecule has 0 radical (unpaired) electrons. The maximum absolute atomic E-state index is 11.4. The van der Waals surface area contributed by atoms with Crippen LogP contribution >= 0.6 is 27.5 Å². The van der Waals surface area contributed by atoms with Crippen LogP contribution in [0.4, 0.5) is 0 Å². The Morgan fingerprint density at radius 2 is 2.16 bits per heavy atom. The van der Waals surface area contributed by atoms with Gasteiger partial charge < -0.3 is 14.8 Å². The standard InChI is InChI=1S/C12H13BrClNO4/c1-18-12(17)4-5-15-11(16)7-19-10-3-2-8(14)6-9(10)13/h2-3,6H,4-5,7H2,1H3,(H,15,16). The molecule has 0 heterocycles. The van der Waals surface area contributed by atoms with Crippen LogP contribution in [0.2, 0.25) is 5.02 Å². The van der Waals surface area contributed by atoms with Crippen molar-refractivity contribution in [2.75, 3.05) is 20.3 Å². The quantitative estimate of drug-likeness (QED) is 0.799. The summed E-state index contributed by atoms with van der Waals surface area (Å²) in [5.74, 6) is -0.167. The van der Waals surface area contributed by atoms with Crippen molar-refractivity contribution in [2.24, 2.45) is 0 Å². The highest BCUT2D eigenvalue weighted by atomic mass is 79.9. The molecule has 0 aliphatic rings. The van der Waals surface area contributed by atoms with Gasteiger partial charge in [0.15, 0.2) is 6.61 Å². The van der Waals surface area contributed by atoms with Crippen LogP contribution < -0.4 is 10.1 Å². The Morgan fingerprint density at radius 1 is 1.42 bits per heavy atom. The first-order chi connectivity index (χ1) is 9.02. The first kappa shape index (κ1) is 15.8. The summed E-state index contributed by atoms with van der Waals surface area (Å²) < 4.78 is 10.4. The Balaban J connectivity index is 2.32. The molecule has 0 saturated heterocycles. The van der Waals surface area contributed by atoms with Crippen LogP contribution in [-0.2, 0) is 14.3 Å². The minimum absolute atomic E-state index is 0.132.